The first kappa shape index (κ1) is 19.6. The molecule has 0 bridgehead atoms. The Morgan fingerprint density at radius 1 is 1.07 bits per heavy atom. The SMILES string of the molecule is CCc1nc2ccccc2c(C)c1C(=O)OCc1nc(-c2ccccc2OC)no1. The maximum Gasteiger partial charge on any atom is 0.340 e. The van der Waals surface area contributed by atoms with Crippen molar-refractivity contribution in [1.29, 1.82) is 0 Å². The number of hydrogen-bond donors (Lipinski definition) is 0. The molecule has 0 radical (unpaired) electrons. The topological polar surface area (TPSA) is 87.3 Å². The quantitative estimate of drug-likeness (QED) is 0.437. The summed E-state index contributed by atoms with van der Waals surface area (Å²) in [6, 6.07) is 15.1. The Labute approximate surface area is 173 Å². The number of hydrogen-bond acceptors (Lipinski definition) is 7. The molecule has 0 aliphatic heterocycles. The minimum Gasteiger partial charge on any atom is -0.496 e. The molecule has 30 heavy (non-hydrogen) atoms. The Morgan fingerprint density at radius 3 is 2.63 bits per heavy atom. The Hall–Kier alpha value is -3.74. The van der Waals surface area contributed by atoms with Crippen LogP contribution in [0.25, 0.3) is 22.3 Å². The van der Waals surface area contributed by atoms with Gasteiger partial charge in [0.05, 0.1) is 29.4 Å². The summed E-state index contributed by atoms with van der Waals surface area (Å²) in [5.41, 5.74) is 3.60. The average molecular weight is 403 g/mol. The number of nitrogens with zero attached hydrogens (tertiary/aromatic N) is 3. The highest BCUT2D eigenvalue weighted by molar-refractivity contribution is 5.98. The van der Waals surface area contributed by atoms with E-state index in [1.807, 2.05) is 62.4 Å². The van der Waals surface area contributed by atoms with E-state index in [0.717, 1.165) is 16.5 Å². The molecule has 0 aliphatic carbocycles. The van der Waals surface area contributed by atoms with Crippen LogP contribution >= 0.6 is 0 Å². The molecule has 0 saturated heterocycles. The lowest BCUT2D eigenvalue weighted by Gasteiger charge is -2.12. The molecule has 152 valence electrons. The van der Waals surface area contributed by atoms with Crippen LogP contribution in [0.15, 0.2) is 53.1 Å². The van der Waals surface area contributed by atoms with Crippen LogP contribution in [0.1, 0.15) is 34.4 Å². The molecule has 4 rings (SSSR count). The van der Waals surface area contributed by atoms with Crippen LogP contribution in [0, 0.1) is 6.92 Å². The van der Waals surface area contributed by atoms with E-state index in [1.165, 1.54) is 0 Å². The molecular formula is C23H21N3O4. The maximum atomic E-state index is 12.9. The van der Waals surface area contributed by atoms with E-state index in [4.69, 9.17) is 14.0 Å². The van der Waals surface area contributed by atoms with Crippen LogP contribution in [0.4, 0.5) is 0 Å². The van der Waals surface area contributed by atoms with E-state index in [9.17, 15) is 4.79 Å². The van der Waals surface area contributed by atoms with Crippen molar-refractivity contribution in [1.82, 2.24) is 15.1 Å². The summed E-state index contributed by atoms with van der Waals surface area (Å²) in [7, 11) is 1.58. The normalized spacial score (nSPS) is 10.9. The molecule has 0 aliphatic rings. The molecule has 0 atom stereocenters. The fraction of sp³-hybridized carbons (Fsp3) is 0.217. The number of carbonyl (C=O) groups excluding carboxylic acids is 1. The third-order valence-corrected chi connectivity index (χ3v) is 4.91. The standard InChI is InChI=1S/C23H21N3O4/c1-4-17-21(14(2)15-9-5-7-11-18(15)24-17)23(27)29-13-20-25-22(26-30-20)16-10-6-8-12-19(16)28-3/h5-12H,4,13H2,1-3H3. The number of esters is 1. The number of para-hydroxylation sites is 2. The molecule has 7 heteroatoms. The smallest absolute Gasteiger partial charge is 0.340 e. The Bertz CT molecular complexity index is 1220. The van der Waals surface area contributed by atoms with Crippen LogP contribution in [-0.2, 0) is 17.8 Å². The number of carbonyl (C=O) groups is 1. The van der Waals surface area contributed by atoms with Gasteiger partial charge in [0.25, 0.3) is 5.89 Å². The summed E-state index contributed by atoms with van der Waals surface area (Å²) in [6.07, 6.45) is 0.620. The Balaban J connectivity index is 1.56. The van der Waals surface area contributed by atoms with Gasteiger partial charge in [-0.05, 0) is 37.1 Å². The molecule has 0 amide bonds. The van der Waals surface area contributed by atoms with Crippen LogP contribution in [0.3, 0.4) is 0 Å². The number of benzene rings is 2. The van der Waals surface area contributed by atoms with Crippen molar-refractivity contribution in [2.75, 3.05) is 7.11 Å². The minimum absolute atomic E-state index is 0.129. The molecule has 4 aromatic rings. The van der Waals surface area contributed by atoms with E-state index in [1.54, 1.807) is 7.11 Å². The molecule has 2 heterocycles. The first-order chi connectivity index (χ1) is 14.6. The number of methoxy groups -OCH3 is 1. The largest absolute Gasteiger partial charge is 0.496 e. The molecular weight excluding hydrogens is 382 g/mol. The molecule has 7 nitrogen and oxygen atoms in total. The van der Waals surface area contributed by atoms with Gasteiger partial charge in [0, 0.05) is 5.39 Å². The van der Waals surface area contributed by atoms with Crippen LogP contribution in [0.5, 0.6) is 5.75 Å². The highest BCUT2D eigenvalue weighted by Gasteiger charge is 2.20. The van der Waals surface area contributed by atoms with Gasteiger partial charge in [-0.15, -0.1) is 0 Å². The predicted molar refractivity (Wildman–Crippen MR) is 111 cm³/mol. The van der Waals surface area contributed by atoms with Crippen LogP contribution in [-0.4, -0.2) is 28.2 Å². The van der Waals surface area contributed by atoms with Crippen molar-refractivity contribution >= 4 is 16.9 Å². The lowest BCUT2D eigenvalue weighted by Crippen LogP contribution is -2.12. The summed E-state index contributed by atoms with van der Waals surface area (Å²) < 4.78 is 16.1. The summed E-state index contributed by atoms with van der Waals surface area (Å²) in [4.78, 5) is 21.8. The van der Waals surface area contributed by atoms with Crippen molar-refractivity contribution in [2.24, 2.45) is 0 Å². The molecule has 0 N–H and O–H groups in total. The fourth-order valence-electron chi connectivity index (χ4n) is 3.42. The second kappa shape index (κ2) is 8.32. The molecule has 2 aromatic carbocycles. The summed E-state index contributed by atoms with van der Waals surface area (Å²) >= 11 is 0. The molecule has 0 spiro atoms. The summed E-state index contributed by atoms with van der Waals surface area (Å²) in [5.74, 6) is 0.747. The first-order valence-electron chi connectivity index (χ1n) is 9.63. The number of fused-ring (bicyclic) bond motifs is 1. The van der Waals surface area contributed by atoms with Crippen molar-refractivity contribution < 1.29 is 18.8 Å². The highest BCUT2D eigenvalue weighted by atomic mass is 16.6. The van der Waals surface area contributed by atoms with E-state index < -0.39 is 5.97 Å². The molecule has 0 fully saturated rings. The van der Waals surface area contributed by atoms with Gasteiger partial charge in [-0.3, -0.25) is 4.98 Å². The van der Waals surface area contributed by atoms with Crippen molar-refractivity contribution in [3.05, 3.63) is 71.2 Å². The zero-order valence-electron chi connectivity index (χ0n) is 17.0. The predicted octanol–water partition coefficient (Wildman–Crippen LogP) is 4.52. The average Bonchev–Trinajstić information content (AvgIpc) is 3.26. The lowest BCUT2D eigenvalue weighted by atomic mass is 10.0. The number of pyridine rings is 1. The molecule has 0 unspecified atom stereocenters. The molecule has 2 aromatic heterocycles. The maximum absolute atomic E-state index is 12.9. The third-order valence-electron chi connectivity index (χ3n) is 4.91. The van der Waals surface area contributed by atoms with Gasteiger partial charge in [-0.1, -0.05) is 42.4 Å². The fourth-order valence-corrected chi connectivity index (χ4v) is 3.42. The number of rotatable bonds is 6. The first-order valence-corrected chi connectivity index (χ1v) is 9.63. The van der Waals surface area contributed by atoms with Gasteiger partial charge in [0.15, 0.2) is 6.61 Å². The van der Waals surface area contributed by atoms with Crippen molar-refractivity contribution in [3.8, 4) is 17.1 Å². The number of aryl methyl sites for hydroxylation is 2. The van der Waals surface area contributed by atoms with Crippen molar-refractivity contribution in [3.63, 3.8) is 0 Å². The third kappa shape index (κ3) is 3.61. The van der Waals surface area contributed by atoms with E-state index >= 15 is 0 Å². The van der Waals surface area contributed by atoms with E-state index in [-0.39, 0.29) is 12.5 Å². The van der Waals surface area contributed by atoms with Crippen molar-refractivity contribution in [2.45, 2.75) is 26.9 Å². The van der Waals surface area contributed by atoms with E-state index in [0.29, 0.717) is 34.8 Å². The number of ether oxygens (including phenoxy) is 2. The van der Waals surface area contributed by atoms with Gasteiger partial charge < -0.3 is 14.0 Å². The Kier molecular flexibility index (Phi) is 5.43. The lowest BCUT2D eigenvalue weighted by molar-refractivity contribution is 0.0427. The van der Waals surface area contributed by atoms with Crippen LogP contribution in [0.2, 0.25) is 0 Å². The Morgan fingerprint density at radius 2 is 1.83 bits per heavy atom. The molecule has 0 saturated carbocycles. The van der Waals surface area contributed by atoms with Gasteiger partial charge in [0.1, 0.15) is 5.75 Å². The van der Waals surface area contributed by atoms with Gasteiger partial charge in [-0.25, -0.2) is 4.79 Å². The van der Waals surface area contributed by atoms with Gasteiger partial charge in [-0.2, -0.15) is 4.98 Å². The van der Waals surface area contributed by atoms with E-state index in [2.05, 4.69) is 15.1 Å². The minimum atomic E-state index is -0.459. The second-order valence-corrected chi connectivity index (χ2v) is 6.72. The van der Waals surface area contributed by atoms with Gasteiger partial charge in [0.2, 0.25) is 5.82 Å². The number of aromatic nitrogens is 3. The monoisotopic (exact) mass is 403 g/mol. The zero-order chi connectivity index (χ0) is 21.1. The summed E-state index contributed by atoms with van der Waals surface area (Å²) in [6.45, 7) is 3.74. The summed E-state index contributed by atoms with van der Waals surface area (Å²) in [5, 5.41) is 4.90. The second-order valence-electron chi connectivity index (χ2n) is 6.72. The van der Waals surface area contributed by atoms with Crippen LogP contribution < -0.4 is 4.74 Å². The highest BCUT2D eigenvalue weighted by Crippen LogP contribution is 2.27. The van der Waals surface area contributed by atoms with Gasteiger partial charge >= 0.3 is 5.97 Å². The zero-order valence-corrected chi connectivity index (χ0v) is 17.0.